The maximum absolute atomic E-state index is 15.2. The van der Waals surface area contributed by atoms with Crippen LogP contribution in [-0.4, -0.2) is 38.8 Å². The molecule has 46 heavy (non-hydrogen) atoms. The maximum Gasteiger partial charge on any atom is 0.457 e. The second kappa shape index (κ2) is 13.8. The Balaban J connectivity index is 1.82. The van der Waals surface area contributed by atoms with Crippen molar-refractivity contribution in [1.82, 2.24) is 4.13 Å². The van der Waals surface area contributed by atoms with Gasteiger partial charge < -0.3 is 4.18 Å². The summed E-state index contributed by atoms with van der Waals surface area (Å²) in [7, 11) is -14.3. The van der Waals surface area contributed by atoms with E-state index in [9.17, 15) is 47.6 Å². The van der Waals surface area contributed by atoms with Crippen LogP contribution in [0.15, 0.2) is 12.1 Å². The quantitative estimate of drug-likeness (QED) is 0.139. The molecule has 0 saturated heterocycles. The Kier molecular flexibility index (Phi) is 11.3. The predicted molar refractivity (Wildman–Crippen MR) is 154 cm³/mol. The summed E-state index contributed by atoms with van der Waals surface area (Å²) in [5, 5.41) is -13.9. The van der Waals surface area contributed by atoms with Crippen molar-refractivity contribution < 1.29 is 60.5 Å². The van der Waals surface area contributed by atoms with Gasteiger partial charge in [-0.1, -0.05) is 69.9 Å². The van der Waals surface area contributed by atoms with E-state index in [1.807, 2.05) is 0 Å². The van der Waals surface area contributed by atoms with Gasteiger partial charge in [-0.05, 0) is 73.0 Å². The molecule has 18 heteroatoms. The third kappa shape index (κ3) is 7.58. The summed E-state index contributed by atoms with van der Waals surface area (Å²) in [5.41, 5.74) is -4.40. The number of sulfonamides is 1. The third-order valence-electron chi connectivity index (χ3n) is 9.18. The van der Waals surface area contributed by atoms with E-state index < -0.39 is 71.6 Å². The molecule has 1 N–H and O–H groups in total. The first-order valence-corrected chi connectivity index (χ1v) is 18.9. The molecule has 3 fully saturated rings. The summed E-state index contributed by atoms with van der Waals surface area (Å²) in [6.45, 7) is 0. The molecule has 3 saturated carbocycles. The normalized spacial score (nSPS) is 21.0. The Bertz CT molecular complexity index is 1400. The molecule has 0 amide bonds. The van der Waals surface area contributed by atoms with E-state index in [0.29, 0.717) is 51.4 Å². The molecule has 1 aromatic rings. The van der Waals surface area contributed by atoms with E-state index in [0.717, 1.165) is 50.5 Å². The van der Waals surface area contributed by atoms with E-state index in [1.165, 1.54) is 0 Å². The highest BCUT2D eigenvalue weighted by Gasteiger charge is 2.83. The predicted octanol–water partition coefficient (Wildman–Crippen LogP) is 9.45. The van der Waals surface area contributed by atoms with Crippen LogP contribution in [0.4, 0.5) is 39.5 Å². The topological polar surface area (TPSA) is 89.5 Å². The number of nitrogens with one attached hydrogen (secondary N) is 1. The molecule has 3 aliphatic carbocycles. The zero-order chi connectivity index (χ0) is 34.2. The first-order chi connectivity index (χ1) is 21.2. The lowest BCUT2D eigenvalue weighted by Gasteiger charge is -2.34. The summed E-state index contributed by atoms with van der Waals surface area (Å²) in [6.07, 6.45) is 11.0. The van der Waals surface area contributed by atoms with E-state index in [4.69, 9.17) is 4.18 Å². The van der Waals surface area contributed by atoms with Gasteiger partial charge in [-0.3, -0.25) is 0 Å². The smallest absolute Gasteiger partial charge is 0.377 e. The van der Waals surface area contributed by atoms with Crippen molar-refractivity contribution in [2.45, 2.75) is 136 Å². The minimum absolute atomic E-state index is 0.0251. The standard InChI is InChI=1S/C28H36F9NO5S3/c29-25(30,26(31,32)45(39,40)38-44-28(35,36)37)27(33,34)46(41,42)43-24-22(19-12-6-2-7-13-19)16-21(18-10-4-1-5-11-18)17-23(24)20-14-8-3-9-15-20/h16-20,38H,1-15H2. The molecule has 0 bridgehead atoms. The van der Waals surface area contributed by atoms with Crippen LogP contribution in [0.1, 0.15) is 131 Å². The lowest BCUT2D eigenvalue weighted by atomic mass is 9.75. The van der Waals surface area contributed by atoms with Crippen LogP contribution in [0.25, 0.3) is 0 Å². The first kappa shape index (κ1) is 37.4. The van der Waals surface area contributed by atoms with E-state index in [1.54, 1.807) is 12.1 Å². The molecular weight excluding hydrogens is 697 g/mol. The fourth-order valence-corrected chi connectivity index (χ4v) is 9.44. The molecule has 264 valence electrons. The zero-order valence-corrected chi connectivity index (χ0v) is 27.1. The van der Waals surface area contributed by atoms with E-state index >= 15 is 8.78 Å². The Morgan fingerprint density at radius 3 is 1.39 bits per heavy atom. The SMILES string of the molecule is O=S(=O)(NSC(F)(F)F)C(F)(F)C(F)(F)C(F)(F)S(=O)(=O)Oc1c(C2CCCCC2)cc(C2CCCCC2)cc1C1CCCCC1. The third-order valence-corrected chi connectivity index (χ3v) is 12.8. The van der Waals surface area contributed by atoms with Crippen molar-refractivity contribution in [3.8, 4) is 5.75 Å². The van der Waals surface area contributed by atoms with Crippen molar-refractivity contribution in [1.29, 1.82) is 0 Å². The minimum atomic E-state index is -7.27. The second-order valence-corrected chi connectivity index (χ2v) is 16.8. The van der Waals surface area contributed by atoms with Crippen molar-refractivity contribution in [3.63, 3.8) is 0 Å². The molecule has 0 heterocycles. The van der Waals surface area contributed by atoms with Crippen LogP contribution in [0.3, 0.4) is 0 Å². The number of rotatable bonds is 11. The highest BCUT2D eigenvalue weighted by Crippen LogP contribution is 2.53. The molecule has 1 aromatic carbocycles. The molecule has 0 unspecified atom stereocenters. The summed E-state index contributed by atoms with van der Waals surface area (Å²) >= 11 is -1.92. The summed E-state index contributed by atoms with van der Waals surface area (Å²) in [4.78, 5) is 0. The van der Waals surface area contributed by atoms with Crippen LogP contribution >= 0.6 is 11.9 Å². The number of hydrogen-bond donors (Lipinski definition) is 1. The Labute approximate surface area is 266 Å². The number of hydrogen-bond acceptors (Lipinski definition) is 6. The highest BCUT2D eigenvalue weighted by molar-refractivity contribution is 8.10. The van der Waals surface area contributed by atoms with Gasteiger partial charge in [0, 0.05) is 11.9 Å². The number of benzene rings is 1. The summed E-state index contributed by atoms with van der Waals surface area (Å²) in [6, 6.07) is 3.27. The Morgan fingerprint density at radius 2 is 1.00 bits per heavy atom. The van der Waals surface area contributed by atoms with Crippen LogP contribution in [-0.2, 0) is 20.1 Å². The summed E-state index contributed by atoms with van der Waals surface area (Å²) in [5.74, 6) is -8.67. The monoisotopic (exact) mass is 733 g/mol. The van der Waals surface area contributed by atoms with Crippen molar-refractivity contribution in [2.75, 3.05) is 0 Å². The van der Waals surface area contributed by atoms with Crippen LogP contribution in [0.2, 0.25) is 0 Å². The average molecular weight is 734 g/mol. The number of halogens is 9. The minimum Gasteiger partial charge on any atom is -0.377 e. The van der Waals surface area contributed by atoms with Crippen LogP contribution in [0.5, 0.6) is 5.75 Å². The molecule has 6 nitrogen and oxygen atoms in total. The molecule has 0 aliphatic heterocycles. The van der Waals surface area contributed by atoms with Gasteiger partial charge in [0.2, 0.25) is 0 Å². The van der Waals surface area contributed by atoms with Gasteiger partial charge in [0.15, 0.2) is 0 Å². The molecule has 3 aliphatic rings. The largest absolute Gasteiger partial charge is 0.457 e. The molecule has 0 atom stereocenters. The average Bonchev–Trinajstić information content (AvgIpc) is 3.00. The van der Waals surface area contributed by atoms with Crippen molar-refractivity contribution in [2.24, 2.45) is 0 Å². The molecule has 0 spiro atoms. The van der Waals surface area contributed by atoms with Crippen molar-refractivity contribution >= 4 is 32.1 Å². The fraction of sp³-hybridized carbons (Fsp3) is 0.786. The highest BCUT2D eigenvalue weighted by atomic mass is 32.3. The zero-order valence-electron chi connectivity index (χ0n) is 24.7. The Hall–Kier alpha value is -1.40. The van der Waals surface area contributed by atoms with E-state index in [2.05, 4.69) is 0 Å². The van der Waals surface area contributed by atoms with E-state index in [-0.39, 0.29) is 21.2 Å². The second-order valence-electron chi connectivity index (χ2n) is 12.3. The number of alkyl halides is 9. The van der Waals surface area contributed by atoms with Gasteiger partial charge in [0.25, 0.3) is 10.0 Å². The van der Waals surface area contributed by atoms with Gasteiger partial charge in [-0.25, -0.2) is 8.42 Å². The lowest BCUT2D eigenvalue weighted by Crippen LogP contribution is -2.63. The van der Waals surface area contributed by atoms with Crippen LogP contribution in [0, 0.1) is 0 Å². The fourth-order valence-electron chi connectivity index (χ4n) is 6.71. The van der Waals surface area contributed by atoms with Crippen LogP contribution < -0.4 is 8.31 Å². The van der Waals surface area contributed by atoms with Gasteiger partial charge in [-0.2, -0.15) is 47.9 Å². The van der Waals surface area contributed by atoms with Gasteiger partial charge >= 0.3 is 32.1 Å². The summed E-state index contributed by atoms with van der Waals surface area (Å²) < 4.78 is 181. The first-order valence-electron chi connectivity index (χ1n) is 15.2. The van der Waals surface area contributed by atoms with Gasteiger partial charge in [0.1, 0.15) is 5.75 Å². The van der Waals surface area contributed by atoms with Gasteiger partial charge in [-0.15, -0.1) is 4.13 Å². The lowest BCUT2D eigenvalue weighted by molar-refractivity contribution is -0.245. The molecule has 0 radical (unpaired) electrons. The Morgan fingerprint density at radius 1 is 0.609 bits per heavy atom. The molecular formula is C28H36F9NO5S3. The van der Waals surface area contributed by atoms with Gasteiger partial charge in [0.05, 0.1) is 0 Å². The molecule has 0 aromatic heterocycles. The molecule has 4 rings (SSSR count). The van der Waals surface area contributed by atoms with Crippen molar-refractivity contribution in [3.05, 3.63) is 28.8 Å². The maximum atomic E-state index is 15.2.